The summed E-state index contributed by atoms with van der Waals surface area (Å²) in [4.78, 5) is 6.84. The molecule has 2 N–H and O–H groups in total. The van der Waals surface area contributed by atoms with E-state index in [2.05, 4.69) is 34.4 Å². The van der Waals surface area contributed by atoms with E-state index in [0.29, 0.717) is 5.92 Å². The van der Waals surface area contributed by atoms with Gasteiger partial charge in [-0.2, -0.15) is 0 Å². The van der Waals surface area contributed by atoms with Gasteiger partial charge in [-0.15, -0.1) is 24.0 Å². The van der Waals surface area contributed by atoms with E-state index in [0.717, 1.165) is 19.0 Å². The van der Waals surface area contributed by atoms with Crippen molar-refractivity contribution < 1.29 is 0 Å². The van der Waals surface area contributed by atoms with E-state index < -0.39 is 0 Å². The molecule has 0 aromatic rings. The smallest absolute Gasteiger partial charge is 0.190 e. The van der Waals surface area contributed by atoms with E-state index in [1.54, 1.807) is 0 Å². The number of nitrogens with one attached hydrogen (secondary N) is 2. The number of likely N-dealkylation sites (tertiary alicyclic amines) is 1. The van der Waals surface area contributed by atoms with E-state index in [4.69, 9.17) is 0 Å². The summed E-state index contributed by atoms with van der Waals surface area (Å²) in [6.07, 6.45) is 6.53. The summed E-state index contributed by atoms with van der Waals surface area (Å²) in [5.74, 6) is 1.62. The highest BCUT2D eigenvalue weighted by Crippen LogP contribution is 2.09. The van der Waals surface area contributed by atoms with Crippen molar-refractivity contribution in [2.75, 3.05) is 39.8 Å². The van der Waals surface area contributed by atoms with Crippen molar-refractivity contribution in [1.82, 2.24) is 15.5 Å². The van der Waals surface area contributed by atoms with Crippen LogP contribution in [-0.2, 0) is 0 Å². The fourth-order valence-corrected chi connectivity index (χ4v) is 2.54. The molecule has 1 aliphatic rings. The van der Waals surface area contributed by atoms with Gasteiger partial charge in [0.1, 0.15) is 0 Å². The Labute approximate surface area is 142 Å². The van der Waals surface area contributed by atoms with Gasteiger partial charge in [-0.3, -0.25) is 4.99 Å². The summed E-state index contributed by atoms with van der Waals surface area (Å²) in [5.41, 5.74) is 0. The summed E-state index contributed by atoms with van der Waals surface area (Å²) in [6.45, 7) is 10.4. The Morgan fingerprint density at radius 1 is 1.20 bits per heavy atom. The molecule has 4 nitrogen and oxygen atoms in total. The monoisotopic (exact) mass is 396 g/mol. The van der Waals surface area contributed by atoms with Crippen molar-refractivity contribution in [3.63, 3.8) is 0 Å². The average Bonchev–Trinajstić information content (AvgIpc) is 2.91. The summed E-state index contributed by atoms with van der Waals surface area (Å²) >= 11 is 0. The molecule has 1 fully saturated rings. The lowest BCUT2D eigenvalue weighted by molar-refractivity contribution is 0.287. The van der Waals surface area contributed by atoms with Crippen LogP contribution in [0.25, 0.3) is 0 Å². The molecule has 1 saturated heterocycles. The third kappa shape index (κ3) is 9.00. The zero-order valence-electron chi connectivity index (χ0n) is 13.5. The third-order valence-corrected chi connectivity index (χ3v) is 3.68. The van der Waals surface area contributed by atoms with Crippen LogP contribution in [0.5, 0.6) is 0 Å². The molecular weight excluding hydrogens is 363 g/mol. The fraction of sp³-hybridized carbons (Fsp3) is 0.933. The number of halogens is 1. The van der Waals surface area contributed by atoms with E-state index in [1.165, 1.54) is 51.7 Å². The van der Waals surface area contributed by atoms with Gasteiger partial charge < -0.3 is 15.5 Å². The largest absolute Gasteiger partial charge is 0.356 e. The van der Waals surface area contributed by atoms with Crippen molar-refractivity contribution in [2.24, 2.45) is 10.9 Å². The highest BCUT2D eigenvalue weighted by atomic mass is 127. The molecule has 1 atom stereocenters. The molecule has 0 aromatic heterocycles. The van der Waals surface area contributed by atoms with E-state index in [-0.39, 0.29) is 24.0 Å². The van der Waals surface area contributed by atoms with Gasteiger partial charge in [-0.05, 0) is 38.3 Å². The predicted molar refractivity (Wildman–Crippen MR) is 99.1 cm³/mol. The molecule has 0 aliphatic carbocycles. The van der Waals surface area contributed by atoms with Gasteiger partial charge in [0.25, 0.3) is 0 Å². The minimum atomic E-state index is 0. The fourth-order valence-electron chi connectivity index (χ4n) is 2.54. The molecule has 0 saturated carbocycles. The van der Waals surface area contributed by atoms with E-state index >= 15 is 0 Å². The normalized spacial score (nSPS) is 17.6. The molecule has 0 radical (unpaired) electrons. The zero-order chi connectivity index (χ0) is 13.9. The van der Waals surface area contributed by atoms with Gasteiger partial charge in [-0.25, -0.2) is 0 Å². The van der Waals surface area contributed by atoms with Crippen molar-refractivity contribution in [1.29, 1.82) is 0 Å². The maximum Gasteiger partial charge on any atom is 0.190 e. The number of guanidine groups is 1. The van der Waals surface area contributed by atoms with Gasteiger partial charge in [0.2, 0.25) is 0 Å². The van der Waals surface area contributed by atoms with Gasteiger partial charge in [0.05, 0.1) is 0 Å². The van der Waals surface area contributed by atoms with Crippen LogP contribution in [0.2, 0.25) is 0 Å². The van der Waals surface area contributed by atoms with Crippen LogP contribution in [0.1, 0.15) is 46.0 Å². The van der Waals surface area contributed by atoms with Crippen LogP contribution < -0.4 is 10.6 Å². The molecule has 0 aromatic carbocycles. The van der Waals surface area contributed by atoms with Crippen LogP contribution >= 0.6 is 24.0 Å². The van der Waals surface area contributed by atoms with Crippen LogP contribution in [0.15, 0.2) is 4.99 Å². The lowest BCUT2D eigenvalue weighted by Gasteiger charge is -2.21. The molecule has 0 spiro atoms. The first-order valence-corrected chi connectivity index (χ1v) is 7.93. The molecule has 1 rings (SSSR count). The first-order valence-electron chi connectivity index (χ1n) is 7.93. The first kappa shape index (κ1) is 20.0. The summed E-state index contributed by atoms with van der Waals surface area (Å²) in [6, 6.07) is 0. The van der Waals surface area contributed by atoms with Gasteiger partial charge in [0.15, 0.2) is 5.96 Å². The summed E-state index contributed by atoms with van der Waals surface area (Å²) < 4.78 is 0. The van der Waals surface area contributed by atoms with Crippen molar-refractivity contribution in [2.45, 2.75) is 46.0 Å². The quantitative estimate of drug-likeness (QED) is 0.287. The second-order valence-corrected chi connectivity index (χ2v) is 5.70. The Hall–Kier alpha value is -0.0400. The Kier molecular flexibility index (Phi) is 12.7. The standard InChI is InChI=1S/C15H32N4.HI/c1-4-5-6-9-17-15(16-3)18-12-14(2)13-19-10-7-8-11-19;/h14H,4-13H2,1-3H3,(H2,16,17,18);1H. The zero-order valence-corrected chi connectivity index (χ0v) is 15.8. The molecule has 1 unspecified atom stereocenters. The number of unbranched alkanes of at least 4 members (excludes halogenated alkanes) is 2. The predicted octanol–water partition coefficient (Wildman–Crippen LogP) is 2.69. The summed E-state index contributed by atoms with van der Waals surface area (Å²) in [7, 11) is 1.85. The highest BCUT2D eigenvalue weighted by Gasteiger charge is 2.14. The minimum Gasteiger partial charge on any atom is -0.356 e. The molecular formula is C15H33IN4. The topological polar surface area (TPSA) is 39.7 Å². The Morgan fingerprint density at radius 3 is 2.50 bits per heavy atom. The SMILES string of the molecule is CCCCCNC(=NC)NCC(C)CN1CCCC1.I. The molecule has 120 valence electrons. The molecule has 1 heterocycles. The number of rotatable bonds is 8. The number of hydrogen-bond acceptors (Lipinski definition) is 2. The van der Waals surface area contributed by atoms with E-state index in [1.807, 2.05) is 7.05 Å². The maximum absolute atomic E-state index is 4.27. The molecule has 1 aliphatic heterocycles. The van der Waals surface area contributed by atoms with Crippen LogP contribution in [0.4, 0.5) is 0 Å². The molecule has 5 heteroatoms. The van der Waals surface area contributed by atoms with Crippen molar-refractivity contribution in [3.05, 3.63) is 0 Å². The average molecular weight is 396 g/mol. The van der Waals surface area contributed by atoms with Crippen LogP contribution in [-0.4, -0.2) is 50.6 Å². The second kappa shape index (κ2) is 12.7. The summed E-state index contributed by atoms with van der Waals surface area (Å²) in [5, 5.41) is 6.81. The van der Waals surface area contributed by atoms with E-state index in [9.17, 15) is 0 Å². The number of aliphatic imine (C=N–C) groups is 1. The lowest BCUT2D eigenvalue weighted by atomic mass is 10.1. The highest BCUT2D eigenvalue weighted by molar-refractivity contribution is 14.0. The number of nitrogens with zero attached hydrogens (tertiary/aromatic N) is 2. The van der Waals surface area contributed by atoms with Crippen molar-refractivity contribution >= 4 is 29.9 Å². The van der Waals surface area contributed by atoms with Crippen LogP contribution in [0.3, 0.4) is 0 Å². The maximum atomic E-state index is 4.27. The second-order valence-electron chi connectivity index (χ2n) is 5.70. The van der Waals surface area contributed by atoms with Crippen molar-refractivity contribution in [3.8, 4) is 0 Å². The Balaban J connectivity index is 0.00000361. The first-order chi connectivity index (χ1) is 9.26. The molecule has 20 heavy (non-hydrogen) atoms. The Morgan fingerprint density at radius 2 is 1.90 bits per heavy atom. The van der Waals surface area contributed by atoms with Gasteiger partial charge >= 0.3 is 0 Å². The minimum absolute atomic E-state index is 0. The molecule has 0 bridgehead atoms. The molecule has 0 amide bonds. The third-order valence-electron chi connectivity index (χ3n) is 3.68. The Bertz CT molecular complexity index is 252. The lowest BCUT2D eigenvalue weighted by Crippen LogP contribution is -2.41. The van der Waals surface area contributed by atoms with Gasteiger partial charge in [-0.1, -0.05) is 26.7 Å². The number of hydrogen-bond donors (Lipinski definition) is 2. The van der Waals surface area contributed by atoms with Crippen LogP contribution in [0, 0.1) is 5.92 Å². The van der Waals surface area contributed by atoms with Gasteiger partial charge in [0, 0.05) is 26.7 Å².